The van der Waals surface area contributed by atoms with Crippen molar-refractivity contribution in [2.24, 2.45) is 5.92 Å². The monoisotopic (exact) mass is 359 g/mol. The highest BCUT2D eigenvalue weighted by molar-refractivity contribution is 6.30. The van der Waals surface area contributed by atoms with E-state index in [9.17, 15) is 4.79 Å². The molecule has 0 unspecified atom stereocenters. The van der Waals surface area contributed by atoms with Crippen molar-refractivity contribution in [1.82, 2.24) is 14.7 Å². The number of ether oxygens (including phenoxy) is 1. The van der Waals surface area contributed by atoms with E-state index in [4.69, 9.17) is 16.3 Å². The third-order valence-corrected chi connectivity index (χ3v) is 5.42. The number of benzene rings is 1. The van der Waals surface area contributed by atoms with Gasteiger partial charge in [0.1, 0.15) is 6.10 Å². The molecular formula is C19H22ClN3O2. The quantitative estimate of drug-likeness (QED) is 0.821. The molecule has 2 aliphatic heterocycles. The Kier molecular flexibility index (Phi) is 4.52. The lowest BCUT2D eigenvalue weighted by Crippen LogP contribution is -2.38. The molecule has 0 bridgehead atoms. The van der Waals surface area contributed by atoms with Crippen LogP contribution >= 0.6 is 11.6 Å². The van der Waals surface area contributed by atoms with Gasteiger partial charge >= 0.3 is 0 Å². The van der Waals surface area contributed by atoms with E-state index in [0.29, 0.717) is 29.8 Å². The van der Waals surface area contributed by atoms with Crippen molar-refractivity contribution < 1.29 is 9.53 Å². The minimum Gasteiger partial charge on any atom is -0.365 e. The summed E-state index contributed by atoms with van der Waals surface area (Å²) in [6, 6.07) is 9.56. The van der Waals surface area contributed by atoms with Crippen LogP contribution in [0.15, 0.2) is 30.3 Å². The lowest BCUT2D eigenvalue weighted by atomic mass is 9.99. The summed E-state index contributed by atoms with van der Waals surface area (Å²) >= 11 is 5.95. The number of amides is 1. The highest BCUT2D eigenvalue weighted by Gasteiger charge is 2.27. The third-order valence-electron chi connectivity index (χ3n) is 5.17. The van der Waals surface area contributed by atoms with Crippen LogP contribution in [0.1, 0.15) is 47.6 Å². The van der Waals surface area contributed by atoms with E-state index in [1.165, 1.54) is 0 Å². The molecule has 2 aliphatic rings. The Morgan fingerprint density at radius 1 is 1.24 bits per heavy atom. The normalized spacial score (nSPS) is 21.2. The van der Waals surface area contributed by atoms with Crippen LogP contribution < -0.4 is 0 Å². The summed E-state index contributed by atoms with van der Waals surface area (Å²) in [6.07, 6.45) is 2.07. The van der Waals surface area contributed by atoms with E-state index in [-0.39, 0.29) is 12.0 Å². The number of piperidine rings is 1. The van der Waals surface area contributed by atoms with Gasteiger partial charge in [-0.05, 0) is 42.5 Å². The van der Waals surface area contributed by atoms with Crippen molar-refractivity contribution in [3.05, 3.63) is 52.3 Å². The second kappa shape index (κ2) is 6.81. The van der Waals surface area contributed by atoms with Crippen LogP contribution in [-0.2, 0) is 17.9 Å². The fourth-order valence-electron chi connectivity index (χ4n) is 3.48. The molecule has 0 saturated carbocycles. The smallest absolute Gasteiger partial charge is 0.274 e. The summed E-state index contributed by atoms with van der Waals surface area (Å²) in [5.74, 6) is 0.740. The van der Waals surface area contributed by atoms with E-state index in [1.54, 1.807) is 0 Å². The van der Waals surface area contributed by atoms with Crippen LogP contribution in [0.4, 0.5) is 0 Å². The lowest BCUT2D eigenvalue weighted by molar-refractivity contribution is -0.00122. The van der Waals surface area contributed by atoms with Gasteiger partial charge in [0.25, 0.3) is 5.91 Å². The predicted molar refractivity (Wildman–Crippen MR) is 95.5 cm³/mol. The highest BCUT2D eigenvalue weighted by Crippen LogP contribution is 2.28. The first kappa shape index (κ1) is 16.6. The zero-order chi connectivity index (χ0) is 17.4. The van der Waals surface area contributed by atoms with Gasteiger partial charge in [0.05, 0.1) is 18.8 Å². The Hall–Kier alpha value is -1.85. The van der Waals surface area contributed by atoms with E-state index in [1.807, 2.05) is 39.9 Å². The molecular weight excluding hydrogens is 338 g/mol. The van der Waals surface area contributed by atoms with Crippen LogP contribution in [0, 0.1) is 5.92 Å². The minimum atomic E-state index is -0.0662. The summed E-state index contributed by atoms with van der Waals surface area (Å²) in [7, 11) is 0. The first-order valence-electron chi connectivity index (χ1n) is 8.83. The Balaban J connectivity index is 1.48. The topological polar surface area (TPSA) is 47.4 Å². The second-order valence-corrected chi connectivity index (χ2v) is 7.47. The van der Waals surface area contributed by atoms with Crippen LogP contribution in [0.5, 0.6) is 0 Å². The van der Waals surface area contributed by atoms with E-state index in [2.05, 4.69) is 12.0 Å². The van der Waals surface area contributed by atoms with Gasteiger partial charge in [-0.3, -0.25) is 9.48 Å². The van der Waals surface area contributed by atoms with Crippen LogP contribution in [0.3, 0.4) is 0 Å². The summed E-state index contributed by atoms with van der Waals surface area (Å²) in [5, 5.41) is 5.27. The maximum absolute atomic E-state index is 12.7. The fraction of sp³-hybridized carbons (Fsp3) is 0.474. The van der Waals surface area contributed by atoms with Crippen molar-refractivity contribution in [1.29, 1.82) is 0 Å². The average molecular weight is 360 g/mol. The molecule has 2 aromatic rings. The summed E-state index contributed by atoms with van der Waals surface area (Å²) in [6.45, 7) is 4.97. The number of halogens is 1. The number of carbonyl (C=O) groups excluding carboxylic acids is 1. The van der Waals surface area contributed by atoms with Gasteiger partial charge in [-0.25, -0.2) is 0 Å². The number of likely N-dealkylation sites (tertiary alicyclic amines) is 1. The molecule has 1 fully saturated rings. The minimum absolute atomic E-state index is 0.0387. The Morgan fingerprint density at radius 2 is 1.96 bits per heavy atom. The van der Waals surface area contributed by atoms with Gasteiger partial charge in [0.2, 0.25) is 0 Å². The summed E-state index contributed by atoms with van der Waals surface area (Å²) in [5.41, 5.74) is 2.56. The van der Waals surface area contributed by atoms with E-state index < -0.39 is 0 Å². The van der Waals surface area contributed by atoms with Gasteiger partial charge in [0.15, 0.2) is 5.69 Å². The second-order valence-electron chi connectivity index (χ2n) is 7.03. The lowest BCUT2D eigenvalue weighted by Gasteiger charge is -2.29. The molecule has 5 nitrogen and oxygen atoms in total. The molecule has 0 spiro atoms. The molecule has 3 heterocycles. The number of hydrogen-bond donors (Lipinski definition) is 0. The Morgan fingerprint density at radius 3 is 2.68 bits per heavy atom. The molecule has 1 saturated heterocycles. The number of carbonyl (C=O) groups is 1. The first-order valence-corrected chi connectivity index (χ1v) is 9.21. The molecule has 0 radical (unpaired) electrons. The van der Waals surface area contributed by atoms with Gasteiger partial charge in [-0.2, -0.15) is 5.10 Å². The molecule has 1 aromatic heterocycles. The molecule has 1 aromatic carbocycles. The van der Waals surface area contributed by atoms with E-state index in [0.717, 1.165) is 37.2 Å². The third kappa shape index (κ3) is 3.44. The van der Waals surface area contributed by atoms with Crippen LogP contribution in [-0.4, -0.2) is 33.7 Å². The van der Waals surface area contributed by atoms with Gasteiger partial charge in [0, 0.05) is 18.1 Å². The van der Waals surface area contributed by atoms with Gasteiger partial charge < -0.3 is 9.64 Å². The first-order chi connectivity index (χ1) is 12.1. The SMILES string of the molecule is CC1CCN(C(=O)c2cc3n(n2)C[C@H](c2ccc(Cl)cc2)OC3)CC1. The molecule has 4 rings (SSSR count). The highest BCUT2D eigenvalue weighted by atomic mass is 35.5. The summed E-state index contributed by atoms with van der Waals surface area (Å²) < 4.78 is 7.86. The zero-order valence-corrected chi connectivity index (χ0v) is 15.1. The zero-order valence-electron chi connectivity index (χ0n) is 14.3. The molecule has 6 heteroatoms. The summed E-state index contributed by atoms with van der Waals surface area (Å²) in [4.78, 5) is 14.6. The molecule has 25 heavy (non-hydrogen) atoms. The number of rotatable bonds is 2. The van der Waals surface area contributed by atoms with Gasteiger partial charge in [-0.1, -0.05) is 30.7 Å². The van der Waals surface area contributed by atoms with Crippen molar-refractivity contribution in [3.8, 4) is 0 Å². The Labute approximate surface area is 152 Å². The maximum atomic E-state index is 12.7. The van der Waals surface area contributed by atoms with Crippen molar-refractivity contribution >= 4 is 17.5 Å². The molecule has 0 N–H and O–H groups in total. The number of nitrogens with zero attached hydrogens (tertiary/aromatic N) is 3. The standard InChI is InChI=1S/C19H22ClN3O2/c1-13-6-8-22(9-7-13)19(24)17-10-16-12-25-18(11-23(16)21-17)14-2-4-15(20)5-3-14/h2-5,10,13,18H,6-9,11-12H2,1H3/t18-/m1/s1. The number of aromatic nitrogens is 2. The average Bonchev–Trinajstić information content (AvgIpc) is 3.05. The van der Waals surface area contributed by atoms with Gasteiger partial charge in [-0.15, -0.1) is 0 Å². The molecule has 1 amide bonds. The maximum Gasteiger partial charge on any atom is 0.274 e. The van der Waals surface area contributed by atoms with Crippen molar-refractivity contribution in [2.75, 3.05) is 13.1 Å². The molecule has 132 valence electrons. The number of hydrogen-bond acceptors (Lipinski definition) is 3. The van der Waals surface area contributed by atoms with Crippen LogP contribution in [0.2, 0.25) is 5.02 Å². The Bertz CT molecular complexity index is 763. The largest absolute Gasteiger partial charge is 0.365 e. The number of fused-ring (bicyclic) bond motifs is 1. The fourth-order valence-corrected chi connectivity index (χ4v) is 3.61. The van der Waals surface area contributed by atoms with E-state index >= 15 is 0 Å². The molecule has 0 aliphatic carbocycles. The van der Waals surface area contributed by atoms with Crippen molar-refractivity contribution in [3.63, 3.8) is 0 Å². The van der Waals surface area contributed by atoms with Crippen molar-refractivity contribution in [2.45, 2.75) is 39.0 Å². The van der Waals surface area contributed by atoms with Crippen LogP contribution in [0.25, 0.3) is 0 Å². The molecule has 1 atom stereocenters. The predicted octanol–water partition coefficient (Wildman–Crippen LogP) is 3.68.